The number of hydrogen-bond acceptors (Lipinski definition) is 7. The maximum absolute atomic E-state index is 6.08. The SMILES string of the molecule is COc1cc2c(N)nc(N(C)C)nc2cc1OCCCN1CCCC1. The van der Waals surface area contributed by atoms with Gasteiger partial charge < -0.3 is 25.0 Å². The van der Waals surface area contributed by atoms with Crippen molar-refractivity contribution in [3.63, 3.8) is 0 Å². The number of rotatable bonds is 7. The summed E-state index contributed by atoms with van der Waals surface area (Å²) in [4.78, 5) is 13.2. The number of likely N-dealkylation sites (tertiary alicyclic amines) is 1. The summed E-state index contributed by atoms with van der Waals surface area (Å²) < 4.78 is 11.4. The predicted molar refractivity (Wildman–Crippen MR) is 101 cm³/mol. The summed E-state index contributed by atoms with van der Waals surface area (Å²) in [6, 6.07) is 3.73. The Kier molecular flexibility index (Phi) is 5.43. The highest BCUT2D eigenvalue weighted by molar-refractivity contribution is 5.91. The molecule has 0 aliphatic carbocycles. The van der Waals surface area contributed by atoms with E-state index in [4.69, 9.17) is 15.2 Å². The van der Waals surface area contributed by atoms with E-state index in [1.54, 1.807) is 7.11 Å². The average Bonchev–Trinajstić information content (AvgIpc) is 3.11. The molecule has 1 aliphatic heterocycles. The summed E-state index contributed by atoms with van der Waals surface area (Å²) in [5.74, 6) is 2.36. The number of fused-ring (bicyclic) bond motifs is 1. The van der Waals surface area contributed by atoms with Gasteiger partial charge >= 0.3 is 0 Å². The second-order valence-corrected chi connectivity index (χ2v) is 6.57. The molecule has 0 bridgehead atoms. The third-order valence-corrected chi connectivity index (χ3v) is 4.47. The zero-order valence-electron chi connectivity index (χ0n) is 15.3. The molecular formula is C18H27N5O2. The summed E-state index contributed by atoms with van der Waals surface area (Å²) in [6.07, 6.45) is 3.62. The maximum atomic E-state index is 6.08. The first-order valence-electron chi connectivity index (χ1n) is 8.76. The smallest absolute Gasteiger partial charge is 0.227 e. The molecule has 136 valence electrons. The van der Waals surface area contributed by atoms with Crippen molar-refractivity contribution in [2.75, 3.05) is 58.1 Å². The minimum absolute atomic E-state index is 0.438. The molecule has 1 aromatic heterocycles. The minimum Gasteiger partial charge on any atom is -0.493 e. The van der Waals surface area contributed by atoms with Gasteiger partial charge in [0, 0.05) is 32.1 Å². The van der Waals surface area contributed by atoms with Crippen molar-refractivity contribution >= 4 is 22.7 Å². The zero-order valence-corrected chi connectivity index (χ0v) is 15.3. The van der Waals surface area contributed by atoms with Gasteiger partial charge in [0.25, 0.3) is 0 Å². The van der Waals surface area contributed by atoms with Crippen LogP contribution in [0.4, 0.5) is 11.8 Å². The van der Waals surface area contributed by atoms with Crippen molar-refractivity contribution in [3.8, 4) is 11.5 Å². The maximum Gasteiger partial charge on any atom is 0.227 e. The minimum atomic E-state index is 0.438. The average molecular weight is 345 g/mol. The van der Waals surface area contributed by atoms with Crippen LogP contribution in [0.2, 0.25) is 0 Å². The summed E-state index contributed by atoms with van der Waals surface area (Å²) in [5.41, 5.74) is 6.84. The van der Waals surface area contributed by atoms with Crippen molar-refractivity contribution in [1.82, 2.24) is 14.9 Å². The lowest BCUT2D eigenvalue weighted by Gasteiger charge is -2.16. The largest absolute Gasteiger partial charge is 0.493 e. The predicted octanol–water partition coefficient (Wildman–Crippen LogP) is 2.15. The Bertz CT molecular complexity index is 729. The Labute approximate surface area is 148 Å². The number of anilines is 2. The van der Waals surface area contributed by atoms with E-state index in [2.05, 4.69) is 14.9 Å². The monoisotopic (exact) mass is 345 g/mol. The number of nitrogen functional groups attached to an aromatic ring is 1. The van der Waals surface area contributed by atoms with Crippen molar-refractivity contribution in [3.05, 3.63) is 12.1 Å². The van der Waals surface area contributed by atoms with Crippen LogP contribution in [-0.4, -0.2) is 62.3 Å². The molecule has 0 unspecified atom stereocenters. The summed E-state index contributed by atoms with van der Waals surface area (Å²) in [5, 5.41) is 0.770. The molecule has 7 heteroatoms. The van der Waals surface area contributed by atoms with Crippen LogP contribution < -0.4 is 20.1 Å². The van der Waals surface area contributed by atoms with Crippen LogP contribution in [0, 0.1) is 0 Å². The zero-order chi connectivity index (χ0) is 17.8. The molecular weight excluding hydrogens is 318 g/mol. The Hall–Kier alpha value is -2.28. The van der Waals surface area contributed by atoms with Gasteiger partial charge in [0.15, 0.2) is 11.5 Å². The van der Waals surface area contributed by atoms with Gasteiger partial charge in [-0.15, -0.1) is 0 Å². The van der Waals surface area contributed by atoms with Gasteiger partial charge in [0.2, 0.25) is 5.95 Å². The number of methoxy groups -OCH3 is 1. The van der Waals surface area contributed by atoms with Crippen molar-refractivity contribution in [1.29, 1.82) is 0 Å². The summed E-state index contributed by atoms with van der Waals surface area (Å²) >= 11 is 0. The molecule has 3 rings (SSSR count). The molecule has 25 heavy (non-hydrogen) atoms. The number of hydrogen-bond donors (Lipinski definition) is 1. The Morgan fingerprint density at radius 1 is 1.16 bits per heavy atom. The molecule has 2 heterocycles. The second kappa shape index (κ2) is 7.74. The highest BCUT2D eigenvalue weighted by atomic mass is 16.5. The lowest BCUT2D eigenvalue weighted by molar-refractivity contribution is 0.254. The molecule has 0 atom stereocenters. The molecule has 0 spiro atoms. The van der Waals surface area contributed by atoms with Gasteiger partial charge in [0.05, 0.1) is 19.2 Å². The molecule has 1 aromatic carbocycles. The third kappa shape index (κ3) is 4.04. The molecule has 0 amide bonds. The van der Waals surface area contributed by atoms with E-state index < -0.39 is 0 Å². The highest BCUT2D eigenvalue weighted by Gasteiger charge is 2.14. The first kappa shape index (κ1) is 17.5. The number of ether oxygens (including phenoxy) is 2. The van der Waals surface area contributed by atoms with Crippen LogP contribution >= 0.6 is 0 Å². The normalized spacial score (nSPS) is 14.8. The van der Waals surface area contributed by atoms with Crippen LogP contribution in [0.1, 0.15) is 19.3 Å². The van der Waals surface area contributed by atoms with Gasteiger partial charge in [0.1, 0.15) is 5.82 Å². The van der Waals surface area contributed by atoms with Gasteiger partial charge in [-0.1, -0.05) is 0 Å². The van der Waals surface area contributed by atoms with E-state index in [1.165, 1.54) is 25.9 Å². The second-order valence-electron chi connectivity index (χ2n) is 6.57. The topological polar surface area (TPSA) is 76.7 Å². The Morgan fingerprint density at radius 2 is 1.92 bits per heavy atom. The van der Waals surface area contributed by atoms with E-state index >= 15 is 0 Å². The van der Waals surface area contributed by atoms with E-state index in [1.807, 2.05) is 31.1 Å². The first-order chi connectivity index (χ1) is 12.1. The third-order valence-electron chi connectivity index (χ3n) is 4.47. The van der Waals surface area contributed by atoms with Crippen LogP contribution in [0.5, 0.6) is 11.5 Å². The molecule has 7 nitrogen and oxygen atoms in total. The van der Waals surface area contributed by atoms with E-state index in [0.717, 1.165) is 23.9 Å². The Balaban J connectivity index is 1.75. The first-order valence-corrected chi connectivity index (χ1v) is 8.76. The fraction of sp³-hybridized carbons (Fsp3) is 0.556. The van der Waals surface area contributed by atoms with Crippen LogP contribution in [0.15, 0.2) is 12.1 Å². The number of nitrogens with zero attached hydrogens (tertiary/aromatic N) is 4. The van der Waals surface area contributed by atoms with E-state index in [9.17, 15) is 0 Å². The molecule has 1 fully saturated rings. The lowest BCUT2D eigenvalue weighted by Crippen LogP contribution is -2.21. The van der Waals surface area contributed by atoms with Gasteiger partial charge in [-0.3, -0.25) is 0 Å². The summed E-state index contributed by atoms with van der Waals surface area (Å²) in [6.45, 7) is 4.15. The van der Waals surface area contributed by atoms with Crippen LogP contribution in [-0.2, 0) is 0 Å². The molecule has 2 N–H and O–H groups in total. The summed E-state index contributed by atoms with van der Waals surface area (Å²) in [7, 11) is 5.41. The molecule has 1 saturated heterocycles. The highest BCUT2D eigenvalue weighted by Crippen LogP contribution is 2.34. The van der Waals surface area contributed by atoms with Gasteiger partial charge in [-0.2, -0.15) is 4.98 Å². The number of aromatic nitrogens is 2. The fourth-order valence-electron chi connectivity index (χ4n) is 3.10. The Morgan fingerprint density at radius 3 is 2.60 bits per heavy atom. The number of nitrogens with two attached hydrogens (primary N) is 1. The van der Waals surface area contributed by atoms with Crippen molar-refractivity contribution < 1.29 is 9.47 Å². The number of benzene rings is 1. The standard InChI is InChI=1S/C18H27N5O2/c1-22(2)18-20-14-12-16(15(24-3)11-13(14)17(19)21-18)25-10-6-9-23-7-4-5-8-23/h11-12H,4-10H2,1-3H3,(H2,19,20,21). The van der Waals surface area contributed by atoms with Gasteiger partial charge in [-0.25, -0.2) is 4.98 Å². The van der Waals surface area contributed by atoms with Crippen LogP contribution in [0.25, 0.3) is 10.9 Å². The quantitative estimate of drug-likeness (QED) is 0.771. The molecule has 2 aromatic rings. The van der Waals surface area contributed by atoms with Crippen molar-refractivity contribution in [2.45, 2.75) is 19.3 Å². The van der Waals surface area contributed by atoms with Crippen LogP contribution in [0.3, 0.4) is 0 Å². The fourth-order valence-corrected chi connectivity index (χ4v) is 3.10. The van der Waals surface area contributed by atoms with E-state index in [0.29, 0.717) is 29.9 Å². The molecule has 0 radical (unpaired) electrons. The molecule has 1 aliphatic rings. The lowest BCUT2D eigenvalue weighted by atomic mass is 10.2. The van der Waals surface area contributed by atoms with E-state index in [-0.39, 0.29) is 0 Å². The van der Waals surface area contributed by atoms with Crippen molar-refractivity contribution in [2.24, 2.45) is 0 Å². The van der Waals surface area contributed by atoms with Gasteiger partial charge in [-0.05, 0) is 38.4 Å². The molecule has 0 saturated carbocycles.